The molecule has 3 heterocycles. The summed E-state index contributed by atoms with van der Waals surface area (Å²) in [5, 5.41) is 14.7. The SMILES string of the molecule is CC1(C)CCc2c(-c3cc4ccc(NC(=O)CC5CCC(=O)N5)cc4[nH]3)n[nH]c2C1. The second-order valence-electron chi connectivity index (χ2n) is 9.41. The van der Waals surface area contributed by atoms with Crippen LogP contribution in [-0.4, -0.2) is 33.0 Å². The van der Waals surface area contributed by atoms with Gasteiger partial charge in [-0.05, 0) is 49.3 Å². The maximum Gasteiger partial charge on any atom is 0.226 e. The molecular weight excluding hydrogens is 378 g/mol. The molecule has 1 aliphatic heterocycles. The highest BCUT2D eigenvalue weighted by Crippen LogP contribution is 2.38. The molecule has 2 aliphatic rings. The Hall–Kier alpha value is -3.09. The van der Waals surface area contributed by atoms with Crippen molar-refractivity contribution >= 4 is 28.4 Å². The third-order valence-electron chi connectivity index (χ3n) is 6.34. The monoisotopic (exact) mass is 405 g/mol. The van der Waals surface area contributed by atoms with E-state index in [0.717, 1.165) is 53.7 Å². The largest absolute Gasteiger partial charge is 0.353 e. The number of carbonyl (C=O) groups excluding carboxylic acids is 2. The lowest BCUT2D eigenvalue weighted by Crippen LogP contribution is -2.29. The highest BCUT2D eigenvalue weighted by Gasteiger charge is 2.29. The molecule has 1 saturated heterocycles. The number of hydrogen-bond acceptors (Lipinski definition) is 3. The van der Waals surface area contributed by atoms with Crippen LogP contribution in [0.3, 0.4) is 0 Å². The van der Waals surface area contributed by atoms with Gasteiger partial charge < -0.3 is 15.6 Å². The van der Waals surface area contributed by atoms with Gasteiger partial charge in [-0.1, -0.05) is 19.9 Å². The number of amides is 2. The van der Waals surface area contributed by atoms with Gasteiger partial charge in [-0.15, -0.1) is 0 Å². The molecule has 0 bridgehead atoms. The first-order chi connectivity index (χ1) is 14.4. The number of rotatable bonds is 4. The summed E-state index contributed by atoms with van der Waals surface area (Å²) >= 11 is 0. The first-order valence-electron chi connectivity index (χ1n) is 10.6. The number of nitrogens with one attached hydrogen (secondary N) is 4. The number of aromatic amines is 2. The summed E-state index contributed by atoms with van der Waals surface area (Å²) in [6.07, 6.45) is 4.73. The molecule has 0 saturated carbocycles. The predicted molar refractivity (Wildman–Crippen MR) is 116 cm³/mol. The number of nitrogens with zero attached hydrogens (tertiary/aromatic N) is 1. The smallest absolute Gasteiger partial charge is 0.226 e. The minimum Gasteiger partial charge on any atom is -0.353 e. The second-order valence-corrected chi connectivity index (χ2v) is 9.41. The lowest BCUT2D eigenvalue weighted by Gasteiger charge is -2.28. The van der Waals surface area contributed by atoms with Gasteiger partial charge in [0.15, 0.2) is 0 Å². The zero-order chi connectivity index (χ0) is 20.9. The van der Waals surface area contributed by atoms with Gasteiger partial charge in [0.1, 0.15) is 5.69 Å². The molecule has 2 aromatic heterocycles. The van der Waals surface area contributed by atoms with E-state index in [1.54, 1.807) is 0 Å². The summed E-state index contributed by atoms with van der Waals surface area (Å²) in [5.74, 6) is -0.0606. The van der Waals surface area contributed by atoms with Gasteiger partial charge in [-0.25, -0.2) is 0 Å². The molecule has 7 nitrogen and oxygen atoms in total. The Kier molecular flexibility index (Phi) is 4.41. The number of hydrogen-bond donors (Lipinski definition) is 4. The van der Waals surface area contributed by atoms with Crippen LogP contribution >= 0.6 is 0 Å². The number of H-pyrrole nitrogens is 2. The normalized spacial score (nSPS) is 20.2. The number of carbonyl (C=O) groups is 2. The van der Waals surface area contributed by atoms with Gasteiger partial charge >= 0.3 is 0 Å². The molecule has 1 fully saturated rings. The van der Waals surface area contributed by atoms with Crippen LogP contribution in [0.2, 0.25) is 0 Å². The molecule has 4 N–H and O–H groups in total. The fourth-order valence-corrected chi connectivity index (χ4v) is 4.67. The van der Waals surface area contributed by atoms with Crippen molar-refractivity contribution in [2.24, 2.45) is 5.41 Å². The van der Waals surface area contributed by atoms with Gasteiger partial charge in [0.25, 0.3) is 0 Å². The summed E-state index contributed by atoms with van der Waals surface area (Å²) in [7, 11) is 0. The van der Waals surface area contributed by atoms with Gasteiger partial charge in [0.2, 0.25) is 11.8 Å². The minimum atomic E-state index is -0.0858. The number of anilines is 1. The molecule has 5 rings (SSSR count). The van der Waals surface area contributed by atoms with Crippen molar-refractivity contribution in [3.05, 3.63) is 35.5 Å². The molecule has 1 aliphatic carbocycles. The Morgan fingerprint density at radius 2 is 2.13 bits per heavy atom. The molecular formula is C23H27N5O2. The summed E-state index contributed by atoms with van der Waals surface area (Å²) in [6.45, 7) is 4.60. The summed E-state index contributed by atoms with van der Waals surface area (Å²) in [4.78, 5) is 27.1. The van der Waals surface area contributed by atoms with Crippen LogP contribution in [0.1, 0.15) is 50.8 Å². The Labute approximate surface area is 175 Å². The van der Waals surface area contributed by atoms with Crippen LogP contribution in [0.25, 0.3) is 22.3 Å². The van der Waals surface area contributed by atoms with E-state index in [1.165, 1.54) is 11.3 Å². The van der Waals surface area contributed by atoms with Gasteiger partial charge in [0, 0.05) is 46.7 Å². The average Bonchev–Trinajstić information content (AvgIpc) is 3.38. The summed E-state index contributed by atoms with van der Waals surface area (Å²) < 4.78 is 0. The van der Waals surface area contributed by atoms with Gasteiger partial charge in [-0.3, -0.25) is 14.7 Å². The highest BCUT2D eigenvalue weighted by atomic mass is 16.2. The molecule has 3 aromatic rings. The zero-order valence-electron chi connectivity index (χ0n) is 17.4. The van der Waals surface area contributed by atoms with Crippen LogP contribution in [0.4, 0.5) is 5.69 Å². The standard InChI is InChI=1S/C23H27N5O2/c1-23(2)8-7-16-19(12-23)27-28-22(16)18-9-13-3-4-14(10-17(13)26-18)25-21(30)11-15-5-6-20(29)24-15/h3-4,9-10,15,26H,5-8,11-12H2,1-2H3,(H,24,29)(H,25,30)(H,27,28). The van der Waals surface area contributed by atoms with Crippen molar-refractivity contribution in [1.82, 2.24) is 20.5 Å². The third kappa shape index (κ3) is 3.60. The first-order valence-corrected chi connectivity index (χ1v) is 10.6. The van der Waals surface area contributed by atoms with E-state index < -0.39 is 0 Å². The molecule has 1 aromatic carbocycles. The molecule has 1 atom stereocenters. The zero-order valence-corrected chi connectivity index (χ0v) is 17.4. The minimum absolute atomic E-state index is 0.0252. The quantitative estimate of drug-likeness (QED) is 0.532. The van der Waals surface area contributed by atoms with Crippen molar-refractivity contribution in [3.63, 3.8) is 0 Å². The predicted octanol–water partition coefficient (Wildman–Crippen LogP) is 3.68. The van der Waals surface area contributed by atoms with Crippen molar-refractivity contribution in [2.75, 3.05) is 5.32 Å². The van der Waals surface area contributed by atoms with E-state index in [4.69, 9.17) is 0 Å². The van der Waals surface area contributed by atoms with E-state index in [9.17, 15) is 9.59 Å². The molecule has 0 spiro atoms. The van der Waals surface area contributed by atoms with E-state index >= 15 is 0 Å². The second kappa shape index (κ2) is 7.00. The Morgan fingerprint density at radius 3 is 2.93 bits per heavy atom. The van der Waals surface area contributed by atoms with E-state index in [2.05, 4.69) is 45.7 Å². The molecule has 1 unspecified atom stereocenters. The van der Waals surface area contributed by atoms with E-state index in [0.29, 0.717) is 18.3 Å². The van der Waals surface area contributed by atoms with Crippen LogP contribution in [0.15, 0.2) is 24.3 Å². The molecule has 0 radical (unpaired) electrons. The van der Waals surface area contributed by atoms with Crippen molar-refractivity contribution < 1.29 is 9.59 Å². The maximum atomic E-state index is 12.3. The number of fused-ring (bicyclic) bond motifs is 2. The molecule has 30 heavy (non-hydrogen) atoms. The van der Waals surface area contributed by atoms with Crippen molar-refractivity contribution in [2.45, 2.75) is 58.4 Å². The van der Waals surface area contributed by atoms with Crippen LogP contribution in [0, 0.1) is 5.41 Å². The maximum absolute atomic E-state index is 12.3. The van der Waals surface area contributed by atoms with Crippen LogP contribution in [-0.2, 0) is 22.4 Å². The third-order valence-corrected chi connectivity index (χ3v) is 6.34. The van der Waals surface area contributed by atoms with Gasteiger partial charge in [0.05, 0.1) is 5.69 Å². The van der Waals surface area contributed by atoms with Crippen LogP contribution in [0.5, 0.6) is 0 Å². The van der Waals surface area contributed by atoms with Crippen LogP contribution < -0.4 is 10.6 Å². The summed E-state index contributed by atoms with van der Waals surface area (Å²) in [6, 6.07) is 7.92. The van der Waals surface area contributed by atoms with Crippen molar-refractivity contribution in [1.29, 1.82) is 0 Å². The molecule has 7 heteroatoms. The Morgan fingerprint density at radius 1 is 1.27 bits per heavy atom. The van der Waals surface area contributed by atoms with E-state index in [1.807, 2.05) is 18.2 Å². The molecule has 156 valence electrons. The highest BCUT2D eigenvalue weighted by molar-refractivity contribution is 5.95. The lowest BCUT2D eigenvalue weighted by molar-refractivity contribution is -0.119. The lowest BCUT2D eigenvalue weighted by atomic mass is 9.76. The van der Waals surface area contributed by atoms with Crippen molar-refractivity contribution in [3.8, 4) is 11.4 Å². The fraction of sp³-hybridized carbons (Fsp3) is 0.435. The topological polar surface area (TPSA) is 103 Å². The number of aromatic nitrogens is 3. The van der Waals surface area contributed by atoms with Gasteiger partial charge in [-0.2, -0.15) is 5.10 Å². The number of benzene rings is 1. The first kappa shape index (κ1) is 18.9. The molecule has 2 amide bonds. The Bertz CT molecular complexity index is 1140. The summed E-state index contributed by atoms with van der Waals surface area (Å²) in [5.41, 5.74) is 6.57. The van der Waals surface area contributed by atoms with E-state index in [-0.39, 0.29) is 17.9 Å². The Balaban J connectivity index is 1.34. The fourth-order valence-electron chi connectivity index (χ4n) is 4.67. The average molecular weight is 406 g/mol.